The first-order valence-electron chi connectivity index (χ1n) is 6.82. The number of likely N-dealkylation sites (tertiary alicyclic amines) is 1. The molecule has 6 nitrogen and oxygen atoms in total. The van der Waals surface area contributed by atoms with Crippen molar-refractivity contribution in [2.75, 3.05) is 13.1 Å². The van der Waals surface area contributed by atoms with E-state index in [1.165, 1.54) is 0 Å². The van der Waals surface area contributed by atoms with E-state index in [9.17, 15) is 14.7 Å². The molecule has 1 aliphatic rings. The molecule has 1 atom stereocenters. The summed E-state index contributed by atoms with van der Waals surface area (Å²) in [5.74, 6) is -0.223. The van der Waals surface area contributed by atoms with Gasteiger partial charge in [-0.1, -0.05) is 12.1 Å². The third-order valence-electron chi connectivity index (χ3n) is 4.35. The standard InChI is InChI=1S/C14H20N2O4/c1-4-14(13(18)19)5-6-16(8-14)12(17)7-11-9(2)15-20-10(11)3/h4-8H2,1-3H3,(H,18,19). The van der Waals surface area contributed by atoms with Crippen LogP contribution in [0.4, 0.5) is 0 Å². The lowest BCUT2D eigenvalue weighted by molar-refractivity contribution is -0.148. The van der Waals surface area contributed by atoms with Crippen LogP contribution in [0.2, 0.25) is 0 Å². The number of nitrogens with zero attached hydrogens (tertiary/aromatic N) is 2. The largest absolute Gasteiger partial charge is 0.481 e. The molecule has 0 aliphatic carbocycles. The molecule has 0 saturated carbocycles. The number of amides is 1. The van der Waals surface area contributed by atoms with Crippen LogP contribution in [0.15, 0.2) is 4.52 Å². The molecule has 1 amide bonds. The Balaban J connectivity index is 2.07. The molecule has 0 aromatic carbocycles. The van der Waals surface area contributed by atoms with Gasteiger partial charge >= 0.3 is 5.97 Å². The number of carbonyl (C=O) groups excluding carboxylic acids is 1. The smallest absolute Gasteiger partial charge is 0.311 e. The van der Waals surface area contributed by atoms with Crippen LogP contribution in [-0.4, -0.2) is 40.1 Å². The van der Waals surface area contributed by atoms with Crippen molar-refractivity contribution < 1.29 is 19.2 Å². The molecule has 2 rings (SSSR count). The van der Waals surface area contributed by atoms with Gasteiger partial charge in [0.1, 0.15) is 5.76 Å². The van der Waals surface area contributed by atoms with Gasteiger partial charge in [-0.15, -0.1) is 0 Å². The summed E-state index contributed by atoms with van der Waals surface area (Å²) >= 11 is 0. The van der Waals surface area contributed by atoms with Crippen molar-refractivity contribution >= 4 is 11.9 Å². The molecule has 0 spiro atoms. The van der Waals surface area contributed by atoms with E-state index in [0.717, 1.165) is 11.3 Å². The summed E-state index contributed by atoms with van der Waals surface area (Å²) in [7, 11) is 0. The van der Waals surface area contributed by atoms with Crippen molar-refractivity contribution in [3.63, 3.8) is 0 Å². The van der Waals surface area contributed by atoms with E-state index < -0.39 is 11.4 Å². The Morgan fingerprint density at radius 1 is 1.45 bits per heavy atom. The Kier molecular flexibility index (Phi) is 3.83. The molecule has 1 N–H and O–H groups in total. The zero-order chi connectivity index (χ0) is 14.9. The van der Waals surface area contributed by atoms with Crippen LogP contribution in [0.3, 0.4) is 0 Å². The highest BCUT2D eigenvalue weighted by Crippen LogP contribution is 2.34. The van der Waals surface area contributed by atoms with E-state index in [2.05, 4.69) is 5.16 Å². The number of aryl methyl sites for hydroxylation is 2. The lowest BCUT2D eigenvalue weighted by atomic mass is 9.84. The first kappa shape index (κ1) is 14.6. The number of carboxylic acid groups (broad SMARTS) is 1. The molecule has 1 aromatic rings. The fourth-order valence-corrected chi connectivity index (χ4v) is 2.72. The van der Waals surface area contributed by atoms with Gasteiger partial charge in [0.15, 0.2) is 0 Å². The van der Waals surface area contributed by atoms with Crippen molar-refractivity contribution in [3.05, 3.63) is 17.0 Å². The number of aliphatic carboxylic acids is 1. The molecule has 1 aliphatic heterocycles. The maximum absolute atomic E-state index is 12.3. The van der Waals surface area contributed by atoms with Crippen LogP contribution in [0, 0.1) is 19.3 Å². The minimum atomic E-state index is -0.812. The summed E-state index contributed by atoms with van der Waals surface area (Å²) < 4.78 is 5.04. The number of rotatable bonds is 4. The number of aromatic nitrogens is 1. The SMILES string of the molecule is CCC1(C(=O)O)CCN(C(=O)Cc2c(C)noc2C)C1. The quantitative estimate of drug-likeness (QED) is 0.904. The van der Waals surface area contributed by atoms with Gasteiger partial charge in [0.2, 0.25) is 5.91 Å². The molecular formula is C14H20N2O4. The minimum absolute atomic E-state index is 0.0593. The van der Waals surface area contributed by atoms with E-state index in [1.807, 2.05) is 6.92 Å². The van der Waals surface area contributed by atoms with Crippen LogP contribution in [0.5, 0.6) is 0 Å². The third-order valence-corrected chi connectivity index (χ3v) is 4.35. The van der Waals surface area contributed by atoms with Gasteiger partial charge in [-0.25, -0.2) is 0 Å². The number of carboxylic acids is 1. The average molecular weight is 280 g/mol. The Bertz CT molecular complexity index is 518. The number of carbonyl (C=O) groups is 2. The Labute approximate surface area is 117 Å². The van der Waals surface area contributed by atoms with Crippen molar-refractivity contribution in [2.45, 2.75) is 40.0 Å². The van der Waals surface area contributed by atoms with Gasteiger partial charge in [-0.05, 0) is 26.7 Å². The summed E-state index contributed by atoms with van der Waals surface area (Å²) in [6.45, 7) is 6.23. The van der Waals surface area contributed by atoms with Gasteiger partial charge < -0.3 is 14.5 Å². The fourth-order valence-electron chi connectivity index (χ4n) is 2.72. The summed E-state index contributed by atoms with van der Waals surface area (Å²) in [4.78, 5) is 25.3. The van der Waals surface area contributed by atoms with E-state index in [0.29, 0.717) is 31.7 Å². The first-order chi connectivity index (χ1) is 9.39. The van der Waals surface area contributed by atoms with Crippen molar-refractivity contribution in [3.8, 4) is 0 Å². The van der Waals surface area contributed by atoms with Crippen LogP contribution in [0.25, 0.3) is 0 Å². The van der Waals surface area contributed by atoms with Crippen LogP contribution >= 0.6 is 0 Å². The molecule has 0 radical (unpaired) electrons. The lowest BCUT2D eigenvalue weighted by Crippen LogP contribution is -2.37. The molecule has 20 heavy (non-hydrogen) atoms. The predicted molar refractivity (Wildman–Crippen MR) is 71.2 cm³/mol. The Hall–Kier alpha value is -1.85. The van der Waals surface area contributed by atoms with Crippen LogP contribution in [-0.2, 0) is 16.0 Å². The highest BCUT2D eigenvalue weighted by molar-refractivity contribution is 5.82. The summed E-state index contributed by atoms with van der Waals surface area (Å²) in [5.41, 5.74) is 0.739. The Morgan fingerprint density at radius 2 is 2.15 bits per heavy atom. The van der Waals surface area contributed by atoms with E-state index in [-0.39, 0.29) is 12.3 Å². The highest BCUT2D eigenvalue weighted by atomic mass is 16.5. The van der Waals surface area contributed by atoms with E-state index in [4.69, 9.17) is 4.52 Å². The zero-order valence-corrected chi connectivity index (χ0v) is 12.1. The van der Waals surface area contributed by atoms with Gasteiger partial charge in [-0.2, -0.15) is 0 Å². The molecule has 6 heteroatoms. The van der Waals surface area contributed by atoms with Gasteiger partial charge in [-0.3, -0.25) is 9.59 Å². The summed E-state index contributed by atoms with van der Waals surface area (Å²) in [6, 6.07) is 0. The lowest BCUT2D eigenvalue weighted by Gasteiger charge is -2.23. The fraction of sp³-hybridized carbons (Fsp3) is 0.643. The summed E-state index contributed by atoms with van der Waals surface area (Å²) in [6.07, 6.45) is 1.28. The monoisotopic (exact) mass is 280 g/mol. The molecule has 1 saturated heterocycles. The average Bonchev–Trinajstić information content (AvgIpc) is 2.98. The predicted octanol–water partition coefficient (Wildman–Crippen LogP) is 1.55. The van der Waals surface area contributed by atoms with Gasteiger partial charge in [0.25, 0.3) is 0 Å². The van der Waals surface area contributed by atoms with Gasteiger partial charge in [0, 0.05) is 18.7 Å². The maximum atomic E-state index is 12.3. The second-order valence-corrected chi connectivity index (χ2v) is 5.48. The van der Waals surface area contributed by atoms with E-state index in [1.54, 1.807) is 18.7 Å². The van der Waals surface area contributed by atoms with Crippen LogP contribution < -0.4 is 0 Å². The second-order valence-electron chi connectivity index (χ2n) is 5.48. The molecular weight excluding hydrogens is 260 g/mol. The molecule has 110 valence electrons. The molecule has 1 aromatic heterocycles. The number of hydrogen-bond donors (Lipinski definition) is 1. The molecule has 2 heterocycles. The topological polar surface area (TPSA) is 83.6 Å². The first-order valence-corrected chi connectivity index (χ1v) is 6.82. The minimum Gasteiger partial charge on any atom is -0.481 e. The van der Waals surface area contributed by atoms with Crippen molar-refractivity contribution in [1.29, 1.82) is 0 Å². The van der Waals surface area contributed by atoms with Crippen LogP contribution in [0.1, 0.15) is 36.8 Å². The zero-order valence-electron chi connectivity index (χ0n) is 12.1. The maximum Gasteiger partial charge on any atom is 0.311 e. The molecule has 0 bridgehead atoms. The third kappa shape index (κ3) is 2.42. The normalized spacial score (nSPS) is 22.2. The molecule has 1 fully saturated rings. The Morgan fingerprint density at radius 3 is 2.60 bits per heavy atom. The van der Waals surface area contributed by atoms with E-state index >= 15 is 0 Å². The second kappa shape index (κ2) is 5.26. The molecule has 1 unspecified atom stereocenters. The van der Waals surface area contributed by atoms with Crippen molar-refractivity contribution in [2.24, 2.45) is 5.41 Å². The van der Waals surface area contributed by atoms with Gasteiger partial charge in [0.05, 0.1) is 17.5 Å². The summed E-state index contributed by atoms with van der Waals surface area (Å²) in [5, 5.41) is 13.2. The van der Waals surface area contributed by atoms with Crippen molar-refractivity contribution in [1.82, 2.24) is 10.1 Å². The number of hydrogen-bond acceptors (Lipinski definition) is 4. The highest BCUT2D eigenvalue weighted by Gasteiger charge is 2.44.